The van der Waals surface area contributed by atoms with Gasteiger partial charge in [0.1, 0.15) is 23.0 Å². The van der Waals surface area contributed by atoms with Crippen LogP contribution in [0.25, 0.3) is 5.95 Å². The normalized spacial score (nSPS) is 17.6. The number of halogens is 1. The van der Waals surface area contributed by atoms with E-state index in [-0.39, 0.29) is 18.0 Å². The molecule has 2 atom stereocenters. The lowest BCUT2D eigenvalue weighted by molar-refractivity contribution is -0.122. The van der Waals surface area contributed by atoms with Crippen molar-refractivity contribution in [1.29, 1.82) is 0 Å². The third kappa shape index (κ3) is 5.61. The molecule has 1 saturated heterocycles. The molecule has 1 fully saturated rings. The number of aromatic nitrogens is 4. The topological polar surface area (TPSA) is 88.4 Å². The molecule has 33 heavy (non-hydrogen) atoms. The number of piperazine rings is 1. The van der Waals surface area contributed by atoms with Crippen molar-refractivity contribution >= 4 is 23.3 Å². The standard InChI is InChI=1S/C23H28ClN7O2/c1-16(17-5-4-6-19(11-17)33-3)26-22(32)12-18-14-29(2)9-10-31(18)21-13-20(24)27-23(28-21)30-8-7-25-15-30/h4-8,11,13,15-16,18H,9-10,12,14H2,1-3H3,(H,26,32). The van der Waals surface area contributed by atoms with Crippen molar-refractivity contribution in [2.45, 2.75) is 25.4 Å². The van der Waals surface area contributed by atoms with Gasteiger partial charge in [0, 0.05) is 44.5 Å². The fourth-order valence-corrected chi connectivity index (χ4v) is 4.20. The van der Waals surface area contributed by atoms with E-state index in [2.05, 4.69) is 32.1 Å². The lowest BCUT2D eigenvalue weighted by Gasteiger charge is -2.40. The van der Waals surface area contributed by atoms with Crippen molar-refractivity contribution in [2.75, 3.05) is 38.7 Å². The highest BCUT2D eigenvalue weighted by molar-refractivity contribution is 6.29. The average Bonchev–Trinajstić information content (AvgIpc) is 3.34. The van der Waals surface area contributed by atoms with Crippen LogP contribution in [0.1, 0.15) is 24.9 Å². The molecule has 3 heterocycles. The molecule has 1 N–H and O–H groups in total. The second kappa shape index (κ2) is 10.2. The van der Waals surface area contributed by atoms with E-state index in [0.717, 1.165) is 30.9 Å². The Balaban J connectivity index is 1.50. The first kappa shape index (κ1) is 23.0. The number of nitrogens with zero attached hydrogens (tertiary/aromatic N) is 6. The number of nitrogens with one attached hydrogen (secondary N) is 1. The zero-order chi connectivity index (χ0) is 23.4. The van der Waals surface area contributed by atoms with Gasteiger partial charge in [-0.05, 0) is 31.7 Å². The molecular formula is C23H28ClN7O2. The van der Waals surface area contributed by atoms with E-state index in [1.54, 1.807) is 36.5 Å². The molecule has 2 unspecified atom stereocenters. The van der Waals surface area contributed by atoms with Crippen LogP contribution in [0, 0.1) is 0 Å². The Labute approximate surface area is 198 Å². The molecule has 3 aromatic rings. The van der Waals surface area contributed by atoms with E-state index in [4.69, 9.17) is 21.3 Å². The first-order chi connectivity index (χ1) is 15.9. The summed E-state index contributed by atoms with van der Waals surface area (Å²) in [5, 5.41) is 3.46. The summed E-state index contributed by atoms with van der Waals surface area (Å²) < 4.78 is 7.01. The number of ether oxygens (including phenoxy) is 1. The number of benzene rings is 1. The molecule has 1 aliphatic heterocycles. The van der Waals surface area contributed by atoms with Gasteiger partial charge in [-0.3, -0.25) is 9.36 Å². The van der Waals surface area contributed by atoms with E-state index in [1.807, 2.05) is 31.2 Å². The zero-order valence-corrected chi connectivity index (χ0v) is 19.7. The van der Waals surface area contributed by atoms with Gasteiger partial charge in [-0.15, -0.1) is 0 Å². The maximum Gasteiger partial charge on any atom is 0.238 e. The summed E-state index contributed by atoms with van der Waals surface area (Å²) in [6, 6.07) is 9.29. The van der Waals surface area contributed by atoms with Gasteiger partial charge >= 0.3 is 0 Å². The van der Waals surface area contributed by atoms with Crippen molar-refractivity contribution in [3.8, 4) is 11.7 Å². The summed E-state index contributed by atoms with van der Waals surface area (Å²) in [7, 11) is 3.69. The lowest BCUT2D eigenvalue weighted by Crippen LogP contribution is -2.54. The summed E-state index contributed by atoms with van der Waals surface area (Å²) >= 11 is 6.32. The summed E-state index contributed by atoms with van der Waals surface area (Å²) in [6.45, 7) is 4.30. The summed E-state index contributed by atoms with van der Waals surface area (Å²) in [4.78, 5) is 30.4. The van der Waals surface area contributed by atoms with Crippen molar-refractivity contribution in [1.82, 2.24) is 29.7 Å². The first-order valence-electron chi connectivity index (χ1n) is 10.8. The molecule has 0 radical (unpaired) electrons. The molecule has 174 valence electrons. The van der Waals surface area contributed by atoms with Gasteiger partial charge in [0.05, 0.1) is 19.2 Å². The van der Waals surface area contributed by atoms with Gasteiger partial charge in [-0.1, -0.05) is 23.7 Å². The smallest absolute Gasteiger partial charge is 0.238 e. The molecule has 0 bridgehead atoms. The second-order valence-corrected chi connectivity index (χ2v) is 8.59. The van der Waals surface area contributed by atoms with Crippen LogP contribution in [0.4, 0.5) is 5.82 Å². The van der Waals surface area contributed by atoms with Gasteiger partial charge in [0.15, 0.2) is 0 Å². The fraction of sp³-hybridized carbons (Fsp3) is 0.391. The molecule has 0 saturated carbocycles. The average molecular weight is 470 g/mol. The monoisotopic (exact) mass is 469 g/mol. The number of imidazole rings is 1. The Bertz CT molecular complexity index is 1090. The van der Waals surface area contributed by atoms with E-state index >= 15 is 0 Å². The maximum absolute atomic E-state index is 13.0. The van der Waals surface area contributed by atoms with Gasteiger partial charge in [-0.2, -0.15) is 4.98 Å². The number of hydrogen-bond acceptors (Lipinski definition) is 7. The largest absolute Gasteiger partial charge is 0.497 e. The minimum atomic E-state index is -0.135. The van der Waals surface area contributed by atoms with Crippen LogP contribution >= 0.6 is 11.6 Å². The Morgan fingerprint density at radius 3 is 2.91 bits per heavy atom. The third-order valence-electron chi connectivity index (χ3n) is 5.78. The van der Waals surface area contributed by atoms with E-state index in [1.165, 1.54) is 0 Å². The van der Waals surface area contributed by atoms with Crippen LogP contribution in [-0.2, 0) is 4.79 Å². The molecule has 1 aromatic carbocycles. The lowest BCUT2D eigenvalue weighted by atomic mass is 10.1. The molecular weight excluding hydrogens is 442 g/mol. The molecule has 1 aliphatic rings. The number of amides is 1. The fourth-order valence-electron chi connectivity index (χ4n) is 4.03. The highest BCUT2D eigenvalue weighted by Crippen LogP contribution is 2.24. The number of likely N-dealkylation sites (N-methyl/N-ethyl adjacent to an activating group) is 1. The molecule has 4 rings (SSSR count). The quantitative estimate of drug-likeness (QED) is 0.532. The molecule has 9 nitrogen and oxygen atoms in total. The van der Waals surface area contributed by atoms with Gasteiger partial charge in [-0.25, -0.2) is 9.97 Å². The number of carbonyl (C=O) groups is 1. The number of rotatable bonds is 7. The zero-order valence-electron chi connectivity index (χ0n) is 19.0. The third-order valence-corrected chi connectivity index (χ3v) is 5.97. The molecule has 2 aromatic heterocycles. The van der Waals surface area contributed by atoms with Crippen LogP contribution in [0.2, 0.25) is 5.15 Å². The van der Waals surface area contributed by atoms with Crippen LogP contribution in [0.5, 0.6) is 5.75 Å². The number of hydrogen-bond donors (Lipinski definition) is 1. The Kier molecular flexibility index (Phi) is 7.10. The second-order valence-electron chi connectivity index (χ2n) is 8.20. The van der Waals surface area contributed by atoms with Gasteiger partial charge in [0.2, 0.25) is 11.9 Å². The summed E-state index contributed by atoms with van der Waals surface area (Å²) in [5.74, 6) is 1.89. The molecule has 10 heteroatoms. The first-order valence-corrected chi connectivity index (χ1v) is 11.2. The van der Waals surface area contributed by atoms with Crippen LogP contribution in [0.3, 0.4) is 0 Å². The molecule has 0 aliphatic carbocycles. The van der Waals surface area contributed by atoms with Crippen molar-refractivity contribution in [2.24, 2.45) is 0 Å². The van der Waals surface area contributed by atoms with Crippen molar-refractivity contribution in [3.05, 3.63) is 59.8 Å². The van der Waals surface area contributed by atoms with E-state index < -0.39 is 0 Å². The van der Waals surface area contributed by atoms with Crippen LogP contribution < -0.4 is 15.0 Å². The Hall–Kier alpha value is -3.17. The Morgan fingerprint density at radius 2 is 2.15 bits per heavy atom. The summed E-state index contributed by atoms with van der Waals surface area (Å²) in [6.07, 6.45) is 5.39. The molecule has 1 amide bonds. The predicted molar refractivity (Wildman–Crippen MR) is 127 cm³/mol. The number of methoxy groups -OCH3 is 1. The number of anilines is 1. The predicted octanol–water partition coefficient (Wildman–Crippen LogP) is 2.71. The van der Waals surface area contributed by atoms with Gasteiger partial charge < -0.3 is 19.9 Å². The Morgan fingerprint density at radius 1 is 1.30 bits per heavy atom. The highest BCUT2D eigenvalue weighted by atomic mass is 35.5. The van der Waals surface area contributed by atoms with E-state index in [0.29, 0.717) is 23.3 Å². The van der Waals surface area contributed by atoms with Crippen LogP contribution in [0.15, 0.2) is 49.1 Å². The molecule has 0 spiro atoms. The van der Waals surface area contributed by atoms with Crippen LogP contribution in [-0.4, -0.2) is 70.2 Å². The van der Waals surface area contributed by atoms with Crippen molar-refractivity contribution < 1.29 is 9.53 Å². The summed E-state index contributed by atoms with van der Waals surface area (Å²) in [5.41, 5.74) is 0.993. The minimum Gasteiger partial charge on any atom is -0.497 e. The maximum atomic E-state index is 13.0. The minimum absolute atomic E-state index is 0.0226. The van der Waals surface area contributed by atoms with Crippen molar-refractivity contribution in [3.63, 3.8) is 0 Å². The SMILES string of the molecule is COc1cccc(C(C)NC(=O)CC2CN(C)CCN2c2cc(Cl)nc(-n3ccnc3)n2)c1. The highest BCUT2D eigenvalue weighted by Gasteiger charge is 2.29. The van der Waals surface area contributed by atoms with E-state index in [9.17, 15) is 4.79 Å². The number of carbonyl (C=O) groups excluding carboxylic acids is 1. The van der Waals surface area contributed by atoms with Gasteiger partial charge in [0.25, 0.3) is 0 Å².